The molecular weight excluding hydrogens is 517 g/mol. The lowest BCUT2D eigenvalue weighted by Gasteiger charge is -2.18. The molecule has 3 aliphatic rings. The summed E-state index contributed by atoms with van der Waals surface area (Å²) in [5.41, 5.74) is 0.0140. The Labute approximate surface area is 197 Å². The third-order valence-corrected chi connectivity index (χ3v) is 6.23. The molecule has 6 nitrogen and oxygen atoms in total. The molecule has 1 aromatic carbocycles. The molecule has 2 bridgehead atoms. The predicted molar refractivity (Wildman–Crippen MR) is 124 cm³/mol. The highest BCUT2D eigenvalue weighted by Crippen LogP contribution is 2.52. The quantitative estimate of drug-likeness (QED) is 0.182. The first kappa shape index (κ1) is 23.6. The van der Waals surface area contributed by atoms with Crippen molar-refractivity contribution >= 4 is 41.8 Å². The number of nitrogens with one attached hydrogen (secondary N) is 2. The first-order valence-corrected chi connectivity index (χ1v) is 10.5. The van der Waals surface area contributed by atoms with Gasteiger partial charge in [0.15, 0.2) is 5.96 Å². The molecule has 0 radical (unpaired) electrons. The van der Waals surface area contributed by atoms with E-state index in [0.29, 0.717) is 19.0 Å². The van der Waals surface area contributed by atoms with Crippen molar-refractivity contribution in [2.45, 2.75) is 19.8 Å². The SMILES string of the molecule is CCNC(=NCCc1c(F)cccc1F)NCCN1C(=O)C2C3C=CC(C3)C2C1=O.I. The molecule has 1 saturated heterocycles. The van der Waals surface area contributed by atoms with Crippen LogP contribution in [0.1, 0.15) is 18.9 Å². The molecule has 2 amide bonds. The maximum atomic E-state index is 13.7. The van der Waals surface area contributed by atoms with E-state index in [4.69, 9.17) is 0 Å². The van der Waals surface area contributed by atoms with Gasteiger partial charge in [0.25, 0.3) is 0 Å². The number of aliphatic imine (C=N–C) groups is 1. The number of hydrogen-bond acceptors (Lipinski definition) is 3. The minimum Gasteiger partial charge on any atom is -0.357 e. The van der Waals surface area contributed by atoms with Crippen LogP contribution in [0.25, 0.3) is 0 Å². The fourth-order valence-corrected chi connectivity index (χ4v) is 4.86. The van der Waals surface area contributed by atoms with Gasteiger partial charge in [0.05, 0.1) is 11.8 Å². The van der Waals surface area contributed by atoms with Crippen molar-refractivity contribution < 1.29 is 18.4 Å². The van der Waals surface area contributed by atoms with Crippen LogP contribution >= 0.6 is 24.0 Å². The van der Waals surface area contributed by atoms with E-state index in [1.165, 1.54) is 23.1 Å². The summed E-state index contributed by atoms with van der Waals surface area (Å²) in [7, 11) is 0. The molecule has 1 aliphatic heterocycles. The van der Waals surface area contributed by atoms with E-state index < -0.39 is 11.6 Å². The van der Waals surface area contributed by atoms with Crippen molar-refractivity contribution in [2.75, 3.05) is 26.2 Å². The van der Waals surface area contributed by atoms with Crippen molar-refractivity contribution in [1.29, 1.82) is 0 Å². The summed E-state index contributed by atoms with van der Waals surface area (Å²) < 4.78 is 27.5. The normalized spacial score (nSPS) is 26.3. The monoisotopic (exact) mass is 544 g/mol. The molecule has 168 valence electrons. The third-order valence-electron chi connectivity index (χ3n) is 6.23. The second-order valence-corrected chi connectivity index (χ2v) is 7.97. The van der Waals surface area contributed by atoms with Gasteiger partial charge in [0, 0.05) is 31.7 Å². The molecule has 4 unspecified atom stereocenters. The Morgan fingerprint density at radius 1 is 1.10 bits per heavy atom. The Morgan fingerprint density at radius 2 is 1.71 bits per heavy atom. The summed E-state index contributed by atoms with van der Waals surface area (Å²) in [4.78, 5) is 31.1. The standard InChI is InChI=1S/C22H26F2N4O2.HI/c1-2-25-22(26-9-8-15-16(23)4-3-5-17(15)24)27-10-11-28-20(29)18-13-6-7-14(12-13)19(18)21(28)30;/h3-7,13-14,18-19H,2,8-12H2,1H3,(H2,25,26,27);1H. The number of nitrogens with zero attached hydrogens (tertiary/aromatic N) is 2. The van der Waals surface area contributed by atoms with Crippen LogP contribution in [-0.2, 0) is 16.0 Å². The molecule has 9 heteroatoms. The number of likely N-dealkylation sites (tertiary alicyclic amines) is 1. The van der Waals surface area contributed by atoms with Gasteiger partial charge in [-0.25, -0.2) is 8.78 Å². The fourth-order valence-electron chi connectivity index (χ4n) is 4.86. The van der Waals surface area contributed by atoms with Gasteiger partial charge in [0.1, 0.15) is 11.6 Å². The molecule has 0 spiro atoms. The lowest BCUT2D eigenvalue weighted by Crippen LogP contribution is -2.43. The van der Waals surface area contributed by atoms with Crippen LogP contribution in [0.2, 0.25) is 0 Å². The summed E-state index contributed by atoms with van der Waals surface area (Å²) in [6.45, 7) is 3.36. The largest absolute Gasteiger partial charge is 0.357 e. The number of rotatable bonds is 7. The number of hydrogen-bond donors (Lipinski definition) is 2. The van der Waals surface area contributed by atoms with E-state index in [1.807, 2.05) is 6.92 Å². The highest BCUT2D eigenvalue weighted by Gasteiger charge is 2.58. The molecule has 1 aromatic rings. The smallest absolute Gasteiger partial charge is 0.233 e. The van der Waals surface area contributed by atoms with E-state index in [9.17, 15) is 18.4 Å². The minimum atomic E-state index is -0.580. The predicted octanol–water partition coefficient (Wildman–Crippen LogP) is 2.49. The molecule has 1 saturated carbocycles. The second kappa shape index (κ2) is 10.1. The van der Waals surface area contributed by atoms with Gasteiger partial charge in [-0.1, -0.05) is 18.2 Å². The van der Waals surface area contributed by atoms with Gasteiger partial charge >= 0.3 is 0 Å². The lowest BCUT2D eigenvalue weighted by molar-refractivity contribution is -0.140. The first-order chi connectivity index (χ1) is 14.5. The number of guanidine groups is 1. The third kappa shape index (κ3) is 4.61. The van der Waals surface area contributed by atoms with Crippen LogP contribution in [0.4, 0.5) is 8.78 Å². The summed E-state index contributed by atoms with van der Waals surface area (Å²) in [6, 6.07) is 3.79. The van der Waals surface area contributed by atoms with Crippen molar-refractivity contribution in [1.82, 2.24) is 15.5 Å². The van der Waals surface area contributed by atoms with Gasteiger partial charge in [-0.05, 0) is 43.7 Å². The van der Waals surface area contributed by atoms with Crippen molar-refractivity contribution in [2.24, 2.45) is 28.7 Å². The van der Waals surface area contributed by atoms with Crippen molar-refractivity contribution in [3.8, 4) is 0 Å². The van der Waals surface area contributed by atoms with Crippen LogP contribution in [-0.4, -0.2) is 48.9 Å². The van der Waals surface area contributed by atoms with Crippen LogP contribution < -0.4 is 10.6 Å². The number of carbonyl (C=O) groups excluding carboxylic acids is 2. The van der Waals surface area contributed by atoms with E-state index in [2.05, 4.69) is 27.8 Å². The Kier molecular flexibility index (Phi) is 7.66. The number of benzene rings is 1. The number of imide groups is 1. The van der Waals surface area contributed by atoms with Crippen molar-refractivity contribution in [3.05, 3.63) is 47.5 Å². The molecule has 0 aromatic heterocycles. The van der Waals surface area contributed by atoms with Gasteiger partial charge < -0.3 is 10.6 Å². The van der Waals surface area contributed by atoms with Crippen LogP contribution in [0.5, 0.6) is 0 Å². The highest BCUT2D eigenvalue weighted by molar-refractivity contribution is 14.0. The van der Waals surface area contributed by atoms with E-state index in [-0.39, 0.29) is 84.5 Å². The zero-order valence-electron chi connectivity index (χ0n) is 17.3. The number of allylic oxidation sites excluding steroid dienone is 2. The number of fused-ring (bicyclic) bond motifs is 5. The van der Waals surface area contributed by atoms with E-state index in [0.717, 1.165) is 6.42 Å². The molecule has 4 atom stereocenters. The zero-order valence-corrected chi connectivity index (χ0v) is 19.6. The number of halogens is 3. The zero-order chi connectivity index (χ0) is 21.3. The Balaban J connectivity index is 0.00000272. The average Bonchev–Trinajstić information content (AvgIpc) is 3.39. The van der Waals surface area contributed by atoms with Gasteiger partial charge in [0.2, 0.25) is 11.8 Å². The summed E-state index contributed by atoms with van der Waals surface area (Å²) in [5.74, 6) is -0.794. The molecule has 2 N–H and O–H groups in total. The molecule has 4 rings (SSSR count). The van der Waals surface area contributed by atoms with Crippen LogP contribution in [0, 0.1) is 35.3 Å². The molecule has 31 heavy (non-hydrogen) atoms. The Hall–Kier alpha value is -2.04. The Morgan fingerprint density at radius 3 is 2.29 bits per heavy atom. The van der Waals surface area contributed by atoms with E-state index >= 15 is 0 Å². The average molecular weight is 544 g/mol. The number of amides is 2. The Bertz CT molecular complexity index is 857. The topological polar surface area (TPSA) is 73.8 Å². The van der Waals surface area contributed by atoms with Gasteiger partial charge in [-0.15, -0.1) is 24.0 Å². The molecule has 2 fully saturated rings. The van der Waals surface area contributed by atoms with E-state index in [1.54, 1.807) is 0 Å². The van der Waals surface area contributed by atoms with Crippen LogP contribution in [0.3, 0.4) is 0 Å². The lowest BCUT2D eigenvalue weighted by atomic mass is 9.85. The number of carbonyl (C=O) groups is 2. The highest BCUT2D eigenvalue weighted by atomic mass is 127. The molecule has 1 heterocycles. The summed E-state index contributed by atoms with van der Waals surface area (Å²) >= 11 is 0. The first-order valence-electron chi connectivity index (χ1n) is 10.5. The molecule has 2 aliphatic carbocycles. The van der Waals surface area contributed by atoms with Gasteiger partial charge in [-0.3, -0.25) is 19.5 Å². The summed E-state index contributed by atoms with van der Waals surface area (Å²) in [6.07, 6.45) is 5.20. The fraction of sp³-hybridized carbons (Fsp3) is 0.500. The van der Waals surface area contributed by atoms with Crippen LogP contribution in [0.15, 0.2) is 35.3 Å². The maximum Gasteiger partial charge on any atom is 0.233 e. The maximum absolute atomic E-state index is 13.7. The molecular formula is C22H27F2IN4O2. The van der Waals surface area contributed by atoms with Gasteiger partial charge in [-0.2, -0.15) is 0 Å². The second-order valence-electron chi connectivity index (χ2n) is 7.97. The summed E-state index contributed by atoms with van der Waals surface area (Å²) in [5, 5.41) is 6.16. The van der Waals surface area contributed by atoms with Crippen molar-refractivity contribution in [3.63, 3.8) is 0 Å². The minimum absolute atomic E-state index is 0.